The van der Waals surface area contributed by atoms with Gasteiger partial charge in [-0.15, -0.1) is 0 Å². The van der Waals surface area contributed by atoms with Crippen molar-refractivity contribution >= 4 is 5.78 Å². The highest BCUT2D eigenvalue weighted by atomic mass is 16.3. The molecule has 0 aromatic rings. The van der Waals surface area contributed by atoms with E-state index < -0.39 is 12.2 Å². The van der Waals surface area contributed by atoms with Gasteiger partial charge in [-0.05, 0) is 79.8 Å². The van der Waals surface area contributed by atoms with Crippen molar-refractivity contribution in [1.82, 2.24) is 0 Å². The van der Waals surface area contributed by atoms with Gasteiger partial charge in [0, 0.05) is 24.3 Å². The van der Waals surface area contributed by atoms with E-state index in [9.17, 15) is 20.1 Å². The number of fused-ring (bicyclic) bond motifs is 1. The fraction of sp³-hybridized carbons (Fsp3) is 0.667. The van der Waals surface area contributed by atoms with Crippen LogP contribution >= 0.6 is 0 Å². The van der Waals surface area contributed by atoms with Gasteiger partial charge in [-0.1, -0.05) is 38.2 Å². The number of rotatable bonds is 5. The van der Waals surface area contributed by atoms with Gasteiger partial charge in [-0.3, -0.25) is 4.79 Å². The third kappa shape index (κ3) is 4.47. The summed E-state index contributed by atoms with van der Waals surface area (Å²) in [7, 11) is 0. The first-order valence-corrected chi connectivity index (χ1v) is 12.1. The van der Waals surface area contributed by atoms with Crippen LogP contribution in [0.15, 0.2) is 47.3 Å². The zero-order valence-electron chi connectivity index (χ0n) is 19.0. The summed E-state index contributed by atoms with van der Waals surface area (Å²) in [5.41, 5.74) is 3.24. The first-order valence-electron chi connectivity index (χ1n) is 12.1. The van der Waals surface area contributed by atoms with E-state index in [2.05, 4.69) is 32.6 Å². The van der Waals surface area contributed by atoms with Crippen LogP contribution in [-0.4, -0.2) is 33.3 Å². The normalized spacial score (nSPS) is 40.3. The minimum absolute atomic E-state index is 0.00109. The van der Waals surface area contributed by atoms with E-state index in [-0.39, 0.29) is 28.8 Å². The molecule has 4 rings (SSSR count). The third-order valence-electron chi connectivity index (χ3n) is 8.64. The second kappa shape index (κ2) is 8.71. The Hall–Kier alpha value is -1.65. The lowest BCUT2D eigenvalue weighted by atomic mass is 9.61. The molecule has 2 unspecified atom stereocenters. The van der Waals surface area contributed by atoms with Crippen LogP contribution in [0.1, 0.15) is 71.6 Å². The van der Waals surface area contributed by atoms with E-state index in [4.69, 9.17) is 0 Å². The molecule has 4 fully saturated rings. The van der Waals surface area contributed by atoms with E-state index >= 15 is 0 Å². The molecule has 0 radical (unpaired) electrons. The third-order valence-corrected chi connectivity index (χ3v) is 8.64. The summed E-state index contributed by atoms with van der Waals surface area (Å²) >= 11 is 0. The molecule has 4 nitrogen and oxygen atoms in total. The van der Waals surface area contributed by atoms with E-state index in [0.717, 1.165) is 56.1 Å². The number of aliphatic hydroxyl groups excluding tert-OH is 3. The number of hydrogen-bond donors (Lipinski definition) is 3. The Bertz CT molecular complexity index is 830. The Morgan fingerprint density at radius 1 is 1.19 bits per heavy atom. The van der Waals surface area contributed by atoms with Gasteiger partial charge >= 0.3 is 0 Å². The summed E-state index contributed by atoms with van der Waals surface area (Å²) in [6.07, 6.45) is 13.0. The zero-order valence-corrected chi connectivity index (χ0v) is 19.0. The molecular formula is C27H38O4. The number of aliphatic hydroxyl groups is 3. The Labute approximate surface area is 186 Å². The topological polar surface area (TPSA) is 77.8 Å². The molecule has 4 aliphatic carbocycles. The van der Waals surface area contributed by atoms with Crippen LogP contribution in [-0.2, 0) is 4.79 Å². The van der Waals surface area contributed by atoms with E-state index in [1.807, 2.05) is 0 Å². The lowest BCUT2D eigenvalue weighted by Gasteiger charge is -2.44. The van der Waals surface area contributed by atoms with Gasteiger partial charge in [-0.2, -0.15) is 0 Å². The highest BCUT2D eigenvalue weighted by molar-refractivity contribution is 5.93. The molecule has 4 aliphatic rings. The van der Waals surface area contributed by atoms with E-state index in [1.165, 1.54) is 11.6 Å². The number of hydrogen-bond acceptors (Lipinski definition) is 4. The maximum atomic E-state index is 12.2. The number of ketones is 1. The summed E-state index contributed by atoms with van der Waals surface area (Å²) in [5.74, 6) is 1.35. The SMILES string of the molecule is C=C1/C(=C/C=C2/CCC[C@@]3(C)C2CC[C@@H]3C(C)/C(O)=C/C(=O)C2CC2)C[C@@H](O)C[C@@H]1O. The van der Waals surface area contributed by atoms with Gasteiger partial charge in [-0.25, -0.2) is 0 Å². The zero-order chi connectivity index (χ0) is 22.3. The molecule has 0 heterocycles. The van der Waals surface area contributed by atoms with Crippen LogP contribution < -0.4 is 0 Å². The molecule has 0 saturated heterocycles. The van der Waals surface area contributed by atoms with Crippen molar-refractivity contribution in [3.63, 3.8) is 0 Å². The molecule has 6 atom stereocenters. The fourth-order valence-electron chi connectivity index (χ4n) is 6.53. The van der Waals surface area contributed by atoms with Crippen molar-refractivity contribution in [3.8, 4) is 0 Å². The van der Waals surface area contributed by atoms with Crippen molar-refractivity contribution in [1.29, 1.82) is 0 Å². The van der Waals surface area contributed by atoms with Crippen molar-refractivity contribution in [2.75, 3.05) is 0 Å². The van der Waals surface area contributed by atoms with E-state index in [1.54, 1.807) is 0 Å². The van der Waals surface area contributed by atoms with Crippen LogP contribution in [0.25, 0.3) is 0 Å². The maximum absolute atomic E-state index is 12.2. The highest BCUT2D eigenvalue weighted by Gasteiger charge is 2.51. The standard InChI is InChI=1S/C27H38O4/c1-16-20(13-21(28)14-24(16)29)9-6-18-5-4-12-27(3)22(10-11-23(18)27)17(2)25(30)15-26(31)19-7-8-19/h6,9,15,17,19,21-24,28-30H,1,4-5,7-8,10-14H2,2-3H3/b18-6-,20-9+,25-15-/t17?,21-,22-,23?,24+,27-/m1/s1. The number of carbonyl (C=O) groups is 1. The lowest BCUT2D eigenvalue weighted by molar-refractivity contribution is -0.115. The Morgan fingerprint density at radius 2 is 1.94 bits per heavy atom. The highest BCUT2D eigenvalue weighted by Crippen LogP contribution is 2.60. The second-order valence-corrected chi connectivity index (χ2v) is 10.7. The lowest BCUT2D eigenvalue weighted by Crippen LogP contribution is -2.36. The van der Waals surface area contributed by atoms with Gasteiger partial charge < -0.3 is 15.3 Å². The molecule has 4 heteroatoms. The van der Waals surface area contributed by atoms with Crippen molar-refractivity contribution in [2.45, 2.75) is 83.8 Å². The summed E-state index contributed by atoms with van der Waals surface area (Å²) in [6.45, 7) is 8.48. The average molecular weight is 427 g/mol. The molecule has 170 valence electrons. The summed E-state index contributed by atoms with van der Waals surface area (Å²) in [6, 6.07) is 0. The first kappa shape index (κ1) is 22.5. The van der Waals surface area contributed by atoms with Crippen LogP contribution in [0.2, 0.25) is 0 Å². The predicted octanol–water partition coefficient (Wildman–Crippen LogP) is 5.18. The summed E-state index contributed by atoms with van der Waals surface area (Å²) in [5, 5.41) is 30.9. The predicted molar refractivity (Wildman–Crippen MR) is 122 cm³/mol. The van der Waals surface area contributed by atoms with Crippen molar-refractivity contribution in [2.24, 2.45) is 29.1 Å². The van der Waals surface area contributed by atoms with Crippen LogP contribution in [0.3, 0.4) is 0 Å². The largest absolute Gasteiger partial charge is 0.512 e. The van der Waals surface area contributed by atoms with Crippen LogP contribution in [0.5, 0.6) is 0 Å². The molecular weight excluding hydrogens is 388 g/mol. The van der Waals surface area contributed by atoms with Crippen LogP contribution in [0, 0.1) is 29.1 Å². The summed E-state index contributed by atoms with van der Waals surface area (Å²) < 4.78 is 0. The Balaban J connectivity index is 1.52. The minimum atomic E-state index is -0.658. The molecule has 0 bridgehead atoms. The minimum Gasteiger partial charge on any atom is -0.512 e. The first-order chi connectivity index (χ1) is 14.7. The quantitative estimate of drug-likeness (QED) is 0.418. The van der Waals surface area contributed by atoms with Crippen molar-refractivity contribution in [3.05, 3.63) is 47.3 Å². The molecule has 0 aromatic carbocycles. The molecule has 0 amide bonds. The van der Waals surface area contributed by atoms with Crippen LogP contribution in [0.4, 0.5) is 0 Å². The average Bonchev–Trinajstić information content (AvgIpc) is 3.51. The summed E-state index contributed by atoms with van der Waals surface area (Å²) in [4.78, 5) is 12.2. The molecule has 0 aromatic heterocycles. The second-order valence-electron chi connectivity index (χ2n) is 10.7. The Kier molecular flexibility index (Phi) is 6.33. The molecule has 0 aliphatic heterocycles. The van der Waals surface area contributed by atoms with Crippen molar-refractivity contribution < 1.29 is 20.1 Å². The molecule has 3 N–H and O–H groups in total. The van der Waals surface area contributed by atoms with Gasteiger partial charge in [0.25, 0.3) is 0 Å². The fourth-order valence-corrected chi connectivity index (χ4v) is 6.53. The Morgan fingerprint density at radius 3 is 2.65 bits per heavy atom. The smallest absolute Gasteiger partial charge is 0.162 e. The van der Waals surface area contributed by atoms with E-state index in [0.29, 0.717) is 24.7 Å². The molecule has 31 heavy (non-hydrogen) atoms. The monoisotopic (exact) mass is 426 g/mol. The van der Waals surface area contributed by atoms with Gasteiger partial charge in [0.05, 0.1) is 18.0 Å². The van der Waals surface area contributed by atoms with Gasteiger partial charge in [0.15, 0.2) is 5.78 Å². The number of allylic oxidation sites excluding steroid dienone is 5. The molecule has 0 spiro atoms. The van der Waals surface area contributed by atoms with Gasteiger partial charge in [0.2, 0.25) is 0 Å². The molecule has 4 saturated carbocycles. The maximum Gasteiger partial charge on any atom is 0.162 e. The number of carbonyl (C=O) groups excluding carboxylic acids is 1. The van der Waals surface area contributed by atoms with Gasteiger partial charge in [0.1, 0.15) is 0 Å².